The smallest absolute Gasteiger partial charge is 0.352 e. The van der Waals surface area contributed by atoms with Crippen LogP contribution in [-0.4, -0.2) is 29.8 Å². The molecule has 0 atom stereocenters. The molecule has 0 spiro atoms. The van der Waals surface area contributed by atoms with Gasteiger partial charge in [-0.15, -0.1) is 0 Å². The number of ketones is 2. The van der Waals surface area contributed by atoms with Crippen LogP contribution in [-0.2, 0) is 20.9 Å². The number of nitrogens with one attached hydrogen (secondary N) is 1. The Hall–Kier alpha value is -2.39. The molecule has 1 rings (SSSR count). The third-order valence-corrected chi connectivity index (χ3v) is 2.70. The van der Waals surface area contributed by atoms with E-state index in [1.807, 2.05) is 51.1 Å². The van der Waals surface area contributed by atoms with Crippen LogP contribution in [0.1, 0.15) is 26.3 Å². The number of halogens is 6. The maximum atomic E-state index is 11.5. The Labute approximate surface area is 145 Å². The van der Waals surface area contributed by atoms with E-state index in [1.54, 1.807) is 0 Å². The van der Waals surface area contributed by atoms with Crippen molar-refractivity contribution in [1.82, 2.24) is 5.32 Å². The van der Waals surface area contributed by atoms with E-state index in [-0.39, 0.29) is 11.3 Å². The van der Waals surface area contributed by atoms with Gasteiger partial charge in [0.25, 0.3) is 0 Å². The maximum Gasteiger partial charge on any atom is 0.458 e. The number of hydrogen-bond donors (Lipinski definition) is 1. The number of carbonyl (C=O) groups excluding carboxylic acids is 3. The lowest BCUT2D eigenvalue weighted by Crippen LogP contribution is -2.39. The predicted molar refractivity (Wildman–Crippen MR) is 79.9 cm³/mol. The second kappa shape index (κ2) is 8.81. The van der Waals surface area contributed by atoms with E-state index in [1.165, 1.54) is 0 Å². The standard InChI is InChI=1S/C12H17NO.C4F6O2/c1-12(2,3)11(14)13-9-10-7-5-4-6-8-10;5-3(6,7)1(11)2(12)4(8,9)10/h4-8H,9H2,1-3H3,(H,13,14);. The highest BCUT2D eigenvalue weighted by Gasteiger charge is 2.54. The Morgan fingerprint density at radius 3 is 1.50 bits per heavy atom. The maximum absolute atomic E-state index is 11.5. The topological polar surface area (TPSA) is 63.2 Å². The molecule has 4 nitrogen and oxygen atoms in total. The van der Waals surface area contributed by atoms with Crippen LogP contribution in [0.25, 0.3) is 0 Å². The minimum Gasteiger partial charge on any atom is -0.352 e. The molecule has 26 heavy (non-hydrogen) atoms. The van der Waals surface area contributed by atoms with E-state index < -0.39 is 23.9 Å². The SMILES string of the molecule is CC(C)(C)C(=O)NCc1ccccc1.O=C(C(=O)C(F)(F)F)C(F)(F)F. The fraction of sp³-hybridized carbons (Fsp3) is 0.438. The zero-order valence-corrected chi connectivity index (χ0v) is 14.1. The van der Waals surface area contributed by atoms with Crippen LogP contribution in [0.15, 0.2) is 30.3 Å². The van der Waals surface area contributed by atoms with E-state index in [0.29, 0.717) is 6.54 Å². The molecule has 0 aliphatic carbocycles. The molecule has 0 saturated heterocycles. The molecule has 0 heterocycles. The van der Waals surface area contributed by atoms with Crippen molar-refractivity contribution in [1.29, 1.82) is 0 Å². The first kappa shape index (κ1) is 23.6. The number of carbonyl (C=O) groups is 3. The minimum absolute atomic E-state index is 0.0846. The van der Waals surface area contributed by atoms with Crippen LogP contribution < -0.4 is 5.32 Å². The van der Waals surface area contributed by atoms with E-state index in [9.17, 15) is 40.7 Å². The van der Waals surface area contributed by atoms with Gasteiger partial charge < -0.3 is 5.32 Å². The molecule has 10 heteroatoms. The van der Waals surface area contributed by atoms with Crippen LogP contribution in [0.4, 0.5) is 26.3 Å². The Balaban J connectivity index is 0.000000488. The molecule has 0 saturated carbocycles. The van der Waals surface area contributed by atoms with Gasteiger partial charge in [0.1, 0.15) is 0 Å². The summed E-state index contributed by atoms with van der Waals surface area (Å²) in [5, 5.41) is 2.90. The van der Waals surface area contributed by atoms with Crippen LogP contribution in [0.2, 0.25) is 0 Å². The summed E-state index contributed by atoms with van der Waals surface area (Å²) in [5.41, 5.74) is 0.819. The fourth-order valence-corrected chi connectivity index (χ4v) is 1.30. The molecule has 1 amide bonds. The summed E-state index contributed by atoms with van der Waals surface area (Å²) in [6.45, 7) is 6.34. The molecule has 0 radical (unpaired) electrons. The molecule has 1 aromatic carbocycles. The molecule has 146 valence electrons. The number of rotatable bonds is 3. The average Bonchev–Trinajstić information content (AvgIpc) is 2.50. The lowest BCUT2D eigenvalue weighted by Gasteiger charge is -2.17. The highest BCUT2D eigenvalue weighted by atomic mass is 19.4. The lowest BCUT2D eigenvalue weighted by atomic mass is 9.95. The lowest BCUT2D eigenvalue weighted by molar-refractivity contribution is -0.193. The monoisotopic (exact) mass is 385 g/mol. The van der Waals surface area contributed by atoms with Crippen LogP contribution >= 0.6 is 0 Å². The van der Waals surface area contributed by atoms with Crippen molar-refractivity contribution in [3.05, 3.63) is 35.9 Å². The van der Waals surface area contributed by atoms with Crippen LogP contribution in [0, 0.1) is 5.41 Å². The van der Waals surface area contributed by atoms with Gasteiger partial charge in [-0.2, -0.15) is 26.3 Å². The van der Waals surface area contributed by atoms with Crippen molar-refractivity contribution in [3.63, 3.8) is 0 Å². The normalized spacial score (nSPS) is 11.9. The van der Waals surface area contributed by atoms with Crippen molar-refractivity contribution in [2.24, 2.45) is 5.41 Å². The quantitative estimate of drug-likeness (QED) is 0.639. The predicted octanol–water partition coefficient (Wildman–Crippen LogP) is 3.60. The Morgan fingerprint density at radius 1 is 0.808 bits per heavy atom. The van der Waals surface area contributed by atoms with Gasteiger partial charge in [0, 0.05) is 12.0 Å². The number of amides is 1. The minimum atomic E-state index is -5.77. The summed E-state index contributed by atoms with van der Waals surface area (Å²) in [6.07, 6.45) is -11.5. The summed E-state index contributed by atoms with van der Waals surface area (Å²) in [6, 6.07) is 9.91. The summed E-state index contributed by atoms with van der Waals surface area (Å²) in [5.74, 6) is -6.73. The first-order chi connectivity index (χ1) is 11.6. The average molecular weight is 385 g/mol. The van der Waals surface area contributed by atoms with E-state index in [4.69, 9.17) is 0 Å². The van der Waals surface area contributed by atoms with Gasteiger partial charge in [-0.05, 0) is 5.56 Å². The molecular weight excluding hydrogens is 368 g/mol. The molecule has 0 aliphatic heterocycles. The summed E-state index contributed by atoms with van der Waals surface area (Å²) < 4.78 is 67.0. The fourth-order valence-electron chi connectivity index (χ4n) is 1.30. The summed E-state index contributed by atoms with van der Waals surface area (Å²) >= 11 is 0. The van der Waals surface area contributed by atoms with Crippen LogP contribution in [0.5, 0.6) is 0 Å². The van der Waals surface area contributed by atoms with E-state index in [0.717, 1.165) is 5.56 Å². The Bertz CT molecular complexity index is 606. The highest BCUT2D eigenvalue weighted by Crippen LogP contribution is 2.24. The van der Waals surface area contributed by atoms with Gasteiger partial charge in [-0.25, -0.2) is 0 Å². The van der Waals surface area contributed by atoms with Gasteiger partial charge in [-0.3, -0.25) is 14.4 Å². The second-order valence-electron chi connectivity index (χ2n) is 6.07. The van der Waals surface area contributed by atoms with E-state index in [2.05, 4.69) is 5.32 Å². The molecule has 0 unspecified atom stereocenters. The number of alkyl halides is 6. The molecule has 1 aromatic rings. The third-order valence-electron chi connectivity index (χ3n) is 2.70. The zero-order chi connectivity index (χ0) is 20.8. The first-order valence-corrected chi connectivity index (χ1v) is 7.11. The van der Waals surface area contributed by atoms with Crippen molar-refractivity contribution in [3.8, 4) is 0 Å². The molecule has 0 aliphatic rings. The second-order valence-corrected chi connectivity index (χ2v) is 6.07. The van der Waals surface area contributed by atoms with Crippen molar-refractivity contribution in [2.75, 3.05) is 0 Å². The van der Waals surface area contributed by atoms with Gasteiger partial charge in [0.05, 0.1) is 0 Å². The van der Waals surface area contributed by atoms with Crippen molar-refractivity contribution in [2.45, 2.75) is 39.7 Å². The van der Waals surface area contributed by atoms with E-state index >= 15 is 0 Å². The Morgan fingerprint density at radius 2 is 1.19 bits per heavy atom. The number of benzene rings is 1. The van der Waals surface area contributed by atoms with Crippen molar-refractivity contribution < 1.29 is 40.7 Å². The van der Waals surface area contributed by atoms with Gasteiger partial charge in [0.2, 0.25) is 5.91 Å². The summed E-state index contributed by atoms with van der Waals surface area (Å²) in [7, 11) is 0. The molecular formula is C16H17F6NO3. The largest absolute Gasteiger partial charge is 0.458 e. The molecule has 0 fully saturated rings. The number of Topliss-reactive ketones (excluding diaryl/α,β-unsaturated/α-hetero) is 2. The van der Waals surface area contributed by atoms with Crippen LogP contribution in [0.3, 0.4) is 0 Å². The number of hydrogen-bond acceptors (Lipinski definition) is 3. The third kappa shape index (κ3) is 8.63. The van der Waals surface area contributed by atoms with Gasteiger partial charge in [0.15, 0.2) is 0 Å². The molecule has 0 bridgehead atoms. The van der Waals surface area contributed by atoms with Gasteiger partial charge >= 0.3 is 23.9 Å². The van der Waals surface area contributed by atoms with Gasteiger partial charge in [-0.1, -0.05) is 51.1 Å². The first-order valence-electron chi connectivity index (χ1n) is 7.11. The molecule has 0 aromatic heterocycles. The molecule has 1 N–H and O–H groups in total. The van der Waals surface area contributed by atoms with Crippen molar-refractivity contribution >= 4 is 17.5 Å². The summed E-state index contributed by atoms with van der Waals surface area (Å²) in [4.78, 5) is 30.8. The Kier molecular flexibility index (Phi) is 8.00. The highest BCUT2D eigenvalue weighted by molar-refractivity contribution is 6.41. The zero-order valence-electron chi connectivity index (χ0n) is 14.1.